The van der Waals surface area contributed by atoms with Gasteiger partial charge in [-0.15, -0.1) is 0 Å². The van der Waals surface area contributed by atoms with Crippen molar-refractivity contribution in [2.45, 2.75) is 6.92 Å². The first-order chi connectivity index (χ1) is 8.72. The Morgan fingerprint density at radius 1 is 1.17 bits per heavy atom. The average molecular weight is 320 g/mol. The van der Waals surface area contributed by atoms with E-state index < -0.39 is 0 Å². The van der Waals surface area contributed by atoms with E-state index in [1.54, 1.807) is 11.3 Å². The van der Waals surface area contributed by atoms with Crippen LogP contribution in [0, 0.1) is 6.92 Å². The molecular weight excluding hydrogens is 310 g/mol. The van der Waals surface area contributed by atoms with Gasteiger partial charge in [0, 0.05) is 4.47 Å². The third kappa shape index (κ3) is 2.26. The summed E-state index contributed by atoms with van der Waals surface area (Å²) in [7, 11) is 0. The maximum Gasteiger partial charge on any atom is 0.279 e. The number of fused-ring (bicyclic) bond motifs is 1. The van der Waals surface area contributed by atoms with Gasteiger partial charge in [0.05, 0.1) is 10.2 Å². The number of para-hydroxylation sites is 1. The number of hydrogen-bond donors (Lipinski definition) is 0. The minimum absolute atomic E-state index is 0.678. The number of halogens is 1. The Kier molecular flexibility index (Phi) is 3.06. The molecule has 0 N–H and O–H groups in total. The summed E-state index contributed by atoms with van der Waals surface area (Å²) in [5.74, 6) is 0.837. The van der Waals surface area contributed by atoms with Crippen molar-refractivity contribution in [3.8, 4) is 10.9 Å². The first kappa shape index (κ1) is 11.7. The quantitative estimate of drug-likeness (QED) is 0.651. The lowest BCUT2D eigenvalue weighted by Crippen LogP contribution is -1.86. The lowest BCUT2D eigenvalue weighted by atomic mass is 10.2. The van der Waals surface area contributed by atoms with Crippen molar-refractivity contribution >= 4 is 37.5 Å². The number of thiazole rings is 1. The lowest BCUT2D eigenvalue weighted by Gasteiger charge is -2.05. The van der Waals surface area contributed by atoms with Gasteiger partial charge in [-0.2, -0.15) is 0 Å². The van der Waals surface area contributed by atoms with Crippen LogP contribution < -0.4 is 4.74 Å². The number of benzene rings is 2. The predicted molar refractivity (Wildman–Crippen MR) is 78.6 cm³/mol. The largest absolute Gasteiger partial charge is 0.431 e. The fraction of sp³-hybridized carbons (Fsp3) is 0.0714. The molecule has 3 rings (SSSR count). The number of ether oxygens (including phenoxy) is 1. The molecule has 0 aliphatic rings. The van der Waals surface area contributed by atoms with Crippen molar-refractivity contribution in [3.05, 3.63) is 52.5 Å². The first-order valence-electron chi connectivity index (χ1n) is 5.52. The third-order valence-electron chi connectivity index (χ3n) is 2.62. The van der Waals surface area contributed by atoms with Crippen molar-refractivity contribution < 1.29 is 4.74 Å². The summed E-state index contributed by atoms with van der Waals surface area (Å²) in [6, 6.07) is 14.0. The van der Waals surface area contributed by atoms with E-state index >= 15 is 0 Å². The Balaban J connectivity index is 1.98. The molecule has 18 heavy (non-hydrogen) atoms. The molecule has 4 heteroatoms. The SMILES string of the molecule is Cc1ccc(Br)cc1Oc1nc2ccccc2s1. The zero-order valence-electron chi connectivity index (χ0n) is 9.68. The van der Waals surface area contributed by atoms with E-state index in [9.17, 15) is 0 Å². The van der Waals surface area contributed by atoms with Gasteiger partial charge in [-0.3, -0.25) is 0 Å². The molecule has 0 fully saturated rings. The highest BCUT2D eigenvalue weighted by Gasteiger charge is 2.07. The van der Waals surface area contributed by atoms with Crippen molar-refractivity contribution in [1.82, 2.24) is 4.98 Å². The second-order valence-corrected chi connectivity index (χ2v) is 5.87. The highest BCUT2D eigenvalue weighted by Crippen LogP contribution is 2.33. The predicted octanol–water partition coefficient (Wildman–Crippen LogP) is 5.16. The number of hydrogen-bond acceptors (Lipinski definition) is 3. The fourth-order valence-corrected chi connectivity index (χ4v) is 2.84. The smallest absolute Gasteiger partial charge is 0.279 e. The summed E-state index contributed by atoms with van der Waals surface area (Å²) in [6.45, 7) is 2.02. The minimum atomic E-state index is 0.678. The van der Waals surface area contributed by atoms with Gasteiger partial charge in [-0.1, -0.05) is 45.5 Å². The highest BCUT2D eigenvalue weighted by atomic mass is 79.9. The third-order valence-corrected chi connectivity index (χ3v) is 4.03. The summed E-state index contributed by atoms with van der Waals surface area (Å²) < 4.78 is 8.00. The lowest BCUT2D eigenvalue weighted by molar-refractivity contribution is 0.476. The van der Waals surface area contributed by atoms with Crippen LogP contribution in [0.15, 0.2) is 46.9 Å². The summed E-state index contributed by atoms with van der Waals surface area (Å²) >= 11 is 5.01. The van der Waals surface area contributed by atoms with E-state index in [0.29, 0.717) is 5.19 Å². The van der Waals surface area contributed by atoms with E-state index in [1.165, 1.54) is 0 Å². The maximum absolute atomic E-state index is 5.85. The zero-order chi connectivity index (χ0) is 12.5. The number of rotatable bonds is 2. The van der Waals surface area contributed by atoms with Gasteiger partial charge in [-0.25, -0.2) is 4.98 Å². The van der Waals surface area contributed by atoms with Gasteiger partial charge >= 0.3 is 0 Å². The Bertz CT molecular complexity index is 675. The molecule has 0 unspecified atom stereocenters. The number of aryl methyl sites for hydroxylation is 1. The zero-order valence-corrected chi connectivity index (χ0v) is 12.1. The number of aromatic nitrogens is 1. The molecule has 2 aromatic carbocycles. The molecule has 90 valence electrons. The van der Waals surface area contributed by atoms with Crippen molar-refractivity contribution in [3.63, 3.8) is 0 Å². The molecule has 0 atom stereocenters. The summed E-state index contributed by atoms with van der Waals surface area (Å²) in [4.78, 5) is 4.46. The van der Waals surface area contributed by atoms with Crippen molar-refractivity contribution in [2.75, 3.05) is 0 Å². The normalized spacial score (nSPS) is 10.8. The molecule has 0 bridgehead atoms. The molecular formula is C14H10BrNOS. The van der Waals surface area contributed by atoms with Gasteiger partial charge in [0.1, 0.15) is 5.75 Å². The van der Waals surface area contributed by atoms with Crippen LogP contribution in [0.3, 0.4) is 0 Å². The van der Waals surface area contributed by atoms with Gasteiger partial charge in [-0.05, 0) is 36.8 Å². The second kappa shape index (κ2) is 4.71. The monoisotopic (exact) mass is 319 g/mol. The van der Waals surface area contributed by atoms with Crippen LogP contribution in [-0.4, -0.2) is 4.98 Å². The van der Waals surface area contributed by atoms with Crippen LogP contribution in [0.5, 0.6) is 10.9 Å². The average Bonchev–Trinajstić information content (AvgIpc) is 2.76. The van der Waals surface area contributed by atoms with Crippen LogP contribution >= 0.6 is 27.3 Å². The molecule has 2 nitrogen and oxygen atoms in total. The topological polar surface area (TPSA) is 22.1 Å². The summed E-state index contributed by atoms with van der Waals surface area (Å²) in [6.07, 6.45) is 0. The first-order valence-corrected chi connectivity index (χ1v) is 7.13. The van der Waals surface area contributed by atoms with Gasteiger partial charge in [0.25, 0.3) is 5.19 Å². The second-order valence-electron chi connectivity index (χ2n) is 3.96. The standard InChI is InChI=1S/C14H10BrNOS/c1-9-6-7-10(15)8-12(9)17-14-16-11-4-2-3-5-13(11)18-14/h2-8H,1H3. The molecule has 0 radical (unpaired) electrons. The molecule has 0 aliphatic heterocycles. The van der Waals surface area contributed by atoms with Gasteiger partial charge in [0.15, 0.2) is 0 Å². The Morgan fingerprint density at radius 2 is 2.00 bits per heavy atom. The molecule has 0 spiro atoms. The minimum Gasteiger partial charge on any atom is -0.431 e. The van der Waals surface area contributed by atoms with E-state index in [2.05, 4.69) is 20.9 Å². The van der Waals surface area contributed by atoms with Crippen LogP contribution in [-0.2, 0) is 0 Å². The highest BCUT2D eigenvalue weighted by molar-refractivity contribution is 9.10. The van der Waals surface area contributed by atoms with E-state index in [-0.39, 0.29) is 0 Å². The Hall–Kier alpha value is -1.39. The van der Waals surface area contributed by atoms with Crippen LogP contribution in [0.1, 0.15) is 5.56 Å². The summed E-state index contributed by atoms with van der Waals surface area (Å²) in [5.41, 5.74) is 2.07. The molecule has 3 aromatic rings. The van der Waals surface area contributed by atoms with Crippen LogP contribution in [0.2, 0.25) is 0 Å². The van der Waals surface area contributed by atoms with Crippen LogP contribution in [0.25, 0.3) is 10.2 Å². The van der Waals surface area contributed by atoms with Crippen molar-refractivity contribution in [2.24, 2.45) is 0 Å². The maximum atomic E-state index is 5.85. The van der Waals surface area contributed by atoms with Gasteiger partial charge in [0.2, 0.25) is 0 Å². The molecule has 0 saturated carbocycles. The molecule has 0 aliphatic carbocycles. The molecule has 1 heterocycles. The number of nitrogens with zero attached hydrogens (tertiary/aromatic N) is 1. The Labute approximate surface area is 117 Å². The van der Waals surface area contributed by atoms with Crippen molar-refractivity contribution in [1.29, 1.82) is 0 Å². The van der Waals surface area contributed by atoms with E-state index in [1.807, 2.05) is 49.4 Å². The van der Waals surface area contributed by atoms with E-state index in [0.717, 1.165) is 26.0 Å². The molecule has 0 saturated heterocycles. The molecule has 1 aromatic heterocycles. The summed E-state index contributed by atoms with van der Waals surface area (Å²) in [5, 5.41) is 0.678. The molecule has 0 amide bonds. The Morgan fingerprint density at radius 3 is 2.83 bits per heavy atom. The van der Waals surface area contributed by atoms with Gasteiger partial charge < -0.3 is 4.74 Å². The van der Waals surface area contributed by atoms with Crippen LogP contribution in [0.4, 0.5) is 0 Å². The van der Waals surface area contributed by atoms with E-state index in [4.69, 9.17) is 4.74 Å². The fourth-order valence-electron chi connectivity index (χ4n) is 1.67.